The van der Waals surface area contributed by atoms with Crippen LogP contribution in [0, 0.1) is 25.7 Å². The molecule has 0 aliphatic carbocycles. The highest BCUT2D eigenvalue weighted by atomic mass is 16.5. The van der Waals surface area contributed by atoms with E-state index in [0.717, 1.165) is 49.1 Å². The zero-order chi connectivity index (χ0) is 21.5. The van der Waals surface area contributed by atoms with E-state index in [1.165, 1.54) is 6.20 Å². The summed E-state index contributed by atoms with van der Waals surface area (Å²) in [4.78, 5) is 33.0. The lowest BCUT2D eigenvalue weighted by Gasteiger charge is -2.46. The fourth-order valence-corrected chi connectivity index (χ4v) is 4.05. The lowest BCUT2D eigenvalue weighted by molar-refractivity contribution is 0.102. The summed E-state index contributed by atoms with van der Waals surface area (Å²) in [5.74, 6) is 2.39. The van der Waals surface area contributed by atoms with Crippen molar-refractivity contribution in [2.24, 2.45) is 11.8 Å². The molecule has 2 saturated heterocycles. The van der Waals surface area contributed by atoms with Crippen molar-refractivity contribution in [3.05, 3.63) is 35.5 Å². The van der Waals surface area contributed by atoms with Gasteiger partial charge in [-0.15, -0.1) is 0 Å². The van der Waals surface area contributed by atoms with Gasteiger partial charge in [0.05, 0.1) is 24.2 Å². The van der Waals surface area contributed by atoms with Crippen LogP contribution in [0.3, 0.4) is 0 Å². The van der Waals surface area contributed by atoms with Gasteiger partial charge in [0.2, 0.25) is 11.8 Å². The first-order valence-corrected chi connectivity index (χ1v) is 10.6. The summed E-state index contributed by atoms with van der Waals surface area (Å²) in [6.45, 7) is 10.1. The number of hydrogen-bond acceptors (Lipinski definition) is 8. The van der Waals surface area contributed by atoms with E-state index < -0.39 is 0 Å². The monoisotopic (exact) mass is 422 g/mol. The zero-order valence-corrected chi connectivity index (χ0v) is 17.9. The molecular formula is C21H26N8O2. The van der Waals surface area contributed by atoms with Gasteiger partial charge in [-0.3, -0.25) is 4.79 Å². The maximum Gasteiger partial charge on any atom is 0.263 e. The van der Waals surface area contributed by atoms with Gasteiger partial charge in [-0.2, -0.15) is 4.98 Å². The SMILES string of the molecule is CCOc1nc(N2CC(C3CNC3)C2)ncc1C(=O)Nc1cn2cc(C)nc2c(C)n1. The van der Waals surface area contributed by atoms with Crippen molar-refractivity contribution >= 4 is 23.3 Å². The van der Waals surface area contributed by atoms with Gasteiger partial charge < -0.3 is 24.7 Å². The van der Waals surface area contributed by atoms with Gasteiger partial charge in [-0.05, 0) is 45.7 Å². The average molecular weight is 422 g/mol. The molecule has 5 heterocycles. The summed E-state index contributed by atoms with van der Waals surface area (Å²) < 4.78 is 7.53. The highest BCUT2D eigenvalue weighted by Crippen LogP contribution is 2.30. The van der Waals surface area contributed by atoms with Crippen LogP contribution in [0.4, 0.5) is 11.8 Å². The second kappa shape index (κ2) is 7.77. The number of nitrogens with one attached hydrogen (secondary N) is 2. The maximum absolute atomic E-state index is 13.0. The summed E-state index contributed by atoms with van der Waals surface area (Å²) in [6.07, 6.45) is 5.17. The third-order valence-electron chi connectivity index (χ3n) is 5.91. The van der Waals surface area contributed by atoms with E-state index in [4.69, 9.17) is 4.74 Å². The Hall–Kier alpha value is -3.27. The molecule has 10 nitrogen and oxygen atoms in total. The fraction of sp³-hybridized carbons (Fsp3) is 0.476. The van der Waals surface area contributed by atoms with Crippen LogP contribution in [-0.2, 0) is 0 Å². The molecule has 5 rings (SSSR count). The molecule has 3 aromatic rings. The van der Waals surface area contributed by atoms with Crippen LogP contribution in [0.5, 0.6) is 5.88 Å². The summed E-state index contributed by atoms with van der Waals surface area (Å²) >= 11 is 0. The van der Waals surface area contributed by atoms with Crippen molar-refractivity contribution in [3.8, 4) is 5.88 Å². The third kappa shape index (κ3) is 3.67. The summed E-state index contributed by atoms with van der Waals surface area (Å²) in [5.41, 5.74) is 2.67. The molecule has 162 valence electrons. The van der Waals surface area contributed by atoms with Gasteiger partial charge in [0.15, 0.2) is 5.65 Å². The van der Waals surface area contributed by atoms with Crippen LogP contribution in [0.2, 0.25) is 0 Å². The first-order valence-electron chi connectivity index (χ1n) is 10.6. The van der Waals surface area contributed by atoms with Crippen LogP contribution in [-0.4, -0.2) is 63.0 Å². The Morgan fingerprint density at radius 3 is 2.71 bits per heavy atom. The van der Waals surface area contributed by atoms with Gasteiger partial charge in [0, 0.05) is 25.5 Å². The molecule has 0 bridgehead atoms. The summed E-state index contributed by atoms with van der Waals surface area (Å²) in [7, 11) is 0. The molecular weight excluding hydrogens is 396 g/mol. The molecule has 2 N–H and O–H groups in total. The van der Waals surface area contributed by atoms with E-state index in [0.29, 0.717) is 24.3 Å². The van der Waals surface area contributed by atoms with Crippen molar-refractivity contribution in [1.82, 2.24) is 29.7 Å². The van der Waals surface area contributed by atoms with E-state index >= 15 is 0 Å². The topological polar surface area (TPSA) is 110 Å². The molecule has 10 heteroatoms. The minimum absolute atomic E-state index is 0.284. The number of nitrogens with zero attached hydrogens (tertiary/aromatic N) is 6. The molecule has 2 aliphatic heterocycles. The van der Waals surface area contributed by atoms with Gasteiger partial charge in [-0.25, -0.2) is 15.0 Å². The van der Waals surface area contributed by atoms with E-state index in [2.05, 4.69) is 35.5 Å². The molecule has 2 aliphatic rings. The lowest BCUT2D eigenvalue weighted by atomic mass is 9.82. The van der Waals surface area contributed by atoms with E-state index in [-0.39, 0.29) is 17.4 Å². The van der Waals surface area contributed by atoms with Crippen molar-refractivity contribution < 1.29 is 9.53 Å². The Balaban J connectivity index is 1.34. The molecule has 0 radical (unpaired) electrons. The second-order valence-corrected chi connectivity index (χ2v) is 8.18. The van der Waals surface area contributed by atoms with Gasteiger partial charge in [0.25, 0.3) is 5.91 Å². The van der Waals surface area contributed by atoms with Crippen molar-refractivity contribution in [2.75, 3.05) is 43.0 Å². The highest BCUT2D eigenvalue weighted by Gasteiger charge is 2.37. The predicted octanol–water partition coefficient (Wildman–Crippen LogP) is 1.44. The van der Waals surface area contributed by atoms with Crippen molar-refractivity contribution in [1.29, 1.82) is 0 Å². The van der Waals surface area contributed by atoms with E-state index in [1.54, 1.807) is 6.20 Å². The molecule has 2 fully saturated rings. The molecule has 0 atom stereocenters. The molecule has 0 unspecified atom stereocenters. The van der Waals surface area contributed by atoms with Crippen LogP contribution < -0.4 is 20.3 Å². The number of anilines is 2. The van der Waals surface area contributed by atoms with Crippen molar-refractivity contribution in [2.45, 2.75) is 20.8 Å². The lowest BCUT2D eigenvalue weighted by Crippen LogP contribution is -2.58. The Morgan fingerprint density at radius 2 is 2.00 bits per heavy atom. The Kier molecular flexibility index (Phi) is 4.93. The zero-order valence-electron chi connectivity index (χ0n) is 17.9. The number of fused-ring (bicyclic) bond motifs is 1. The predicted molar refractivity (Wildman–Crippen MR) is 116 cm³/mol. The molecule has 31 heavy (non-hydrogen) atoms. The van der Waals surface area contributed by atoms with Gasteiger partial charge in [-0.1, -0.05) is 0 Å². The van der Waals surface area contributed by atoms with Crippen LogP contribution in [0.15, 0.2) is 18.6 Å². The number of aryl methyl sites for hydroxylation is 2. The first-order chi connectivity index (χ1) is 15.0. The number of carbonyl (C=O) groups is 1. The molecule has 0 aromatic carbocycles. The molecule has 1 amide bonds. The number of ether oxygens (including phenoxy) is 1. The van der Waals surface area contributed by atoms with Gasteiger partial charge in [0.1, 0.15) is 11.4 Å². The highest BCUT2D eigenvalue weighted by molar-refractivity contribution is 6.05. The van der Waals surface area contributed by atoms with Gasteiger partial charge >= 0.3 is 0 Å². The second-order valence-electron chi connectivity index (χ2n) is 8.18. The van der Waals surface area contributed by atoms with E-state index in [9.17, 15) is 4.79 Å². The molecule has 0 spiro atoms. The van der Waals surface area contributed by atoms with Crippen LogP contribution >= 0.6 is 0 Å². The summed E-state index contributed by atoms with van der Waals surface area (Å²) in [6, 6.07) is 0. The maximum atomic E-state index is 13.0. The Morgan fingerprint density at radius 1 is 1.19 bits per heavy atom. The number of aromatic nitrogens is 5. The molecule has 0 saturated carbocycles. The van der Waals surface area contributed by atoms with Crippen LogP contribution in [0.25, 0.3) is 5.65 Å². The smallest absolute Gasteiger partial charge is 0.263 e. The fourth-order valence-electron chi connectivity index (χ4n) is 4.05. The first kappa shape index (κ1) is 19.7. The number of amides is 1. The number of hydrogen-bond donors (Lipinski definition) is 2. The van der Waals surface area contributed by atoms with Crippen LogP contribution in [0.1, 0.15) is 28.7 Å². The number of imidazole rings is 1. The largest absolute Gasteiger partial charge is 0.477 e. The Labute approximate surface area is 180 Å². The minimum Gasteiger partial charge on any atom is -0.477 e. The normalized spacial score (nSPS) is 16.8. The third-order valence-corrected chi connectivity index (χ3v) is 5.91. The number of carbonyl (C=O) groups excluding carboxylic acids is 1. The minimum atomic E-state index is -0.361. The standard InChI is InChI=1S/C21H26N8O2/c1-4-31-20-16(7-23-21(27-20)29-9-15(10-29)14-5-22-6-14)19(30)26-17-11-28-8-12(2)24-18(28)13(3)25-17/h7-8,11,14-15,22H,4-6,9-10H2,1-3H3,(H,26,30). The van der Waals surface area contributed by atoms with E-state index in [1.807, 2.05) is 31.4 Å². The molecule has 3 aromatic heterocycles. The average Bonchev–Trinajstić information content (AvgIpc) is 3.03. The van der Waals surface area contributed by atoms with Crippen molar-refractivity contribution in [3.63, 3.8) is 0 Å². The summed E-state index contributed by atoms with van der Waals surface area (Å²) in [5, 5.41) is 6.15. The number of rotatable bonds is 6. The Bertz CT molecular complexity index is 1130. The quantitative estimate of drug-likeness (QED) is 0.614.